The number of H-pyrrole nitrogens is 1. The van der Waals surface area contributed by atoms with Gasteiger partial charge in [0.25, 0.3) is 0 Å². The highest BCUT2D eigenvalue weighted by molar-refractivity contribution is 5.85. The summed E-state index contributed by atoms with van der Waals surface area (Å²) in [6.07, 6.45) is 7.12. The summed E-state index contributed by atoms with van der Waals surface area (Å²) < 4.78 is 1.98. The molecule has 0 radical (unpaired) electrons. The molecule has 0 unspecified atom stereocenters. The Hall–Kier alpha value is -3.15. The molecule has 6 nitrogen and oxygen atoms in total. The second-order valence-corrected chi connectivity index (χ2v) is 7.47. The van der Waals surface area contributed by atoms with Gasteiger partial charge >= 0.3 is 0 Å². The molecule has 0 aliphatic heterocycles. The van der Waals surface area contributed by atoms with Gasteiger partial charge in [-0.15, -0.1) is 10.2 Å². The van der Waals surface area contributed by atoms with Crippen LogP contribution in [0.25, 0.3) is 16.6 Å². The molecule has 5 rings (SSSR count). The van der Waals surface area contributed by atoms with Gasteiger partial charge in [0.05, 0.1) is 6.04 Å². The third-order valence-corrected chi connectivity index (χ3v) is 5.64. The first-order valence-corrected chi connectivity index (χ1v) is 9.97. The fourth-order valence-electron chi connectivity index (χ4n) is 4.29. The van der Waals surface area contributed by atoms with Crippen LogP contribution in [0.5, 0.6) is 0 Å². The number of carbonyl (C=O) groups is 1. The monoisotopic (exact) mass is 373 g/mol. The van der Waals surface area contributed by atoms with Crippen LogP contribution in [0.1, 0.15) is 48.8 Å². The van der Waals surface area contributed by atoms with Crippen molar-refractivity contribution in [3.05, 3.63) is 65.7 Å². The Morgan fingerprint density at radius 2 is 2.07 bits per heavy atom. The number of nitrogens with one attached hydrogen (secondary N) is 2. The van der Waals surface area contributed by atoms with Crippen molar-refractivity contribution in [1.82, 2.24) is 24.9 Å². The predicted octanol–water partition coefficient (Wildman–Crippen LogP) is 3.73. The lowest BCUT2D eigenvalue weighted by atomic mass is 9.91. The molecule has 0 fully saturated rings. The third-order valence-electron chi connectivity index (χ3n) is 5.64. The van der Waals surface area contributed by atoms with E-state index in [0.717, 1.165) is 49.1 Å². The molecule has 1 aromatic carbocycles. The SMILES string of the molecule is O=C(CCCc1nnc2ccccn12)N[C@H]1CCCc2c1[nH]c1ccccc21. The summed E-state index contributed by atoms with van der Waals surface area (Å²) in [5.41, 5.74) is 4.55. The molecule has 1 amide bonds. The van der Waals surface area contributed by atoms with Gasteiger partial charge in [-0.05, 0) is 49.4 Å². The van der Waals surface area contributed by atoms with Gasteiger partial charge in [-0.3, -0.25) is 9.20 Å². The summed E-state index contributed by atoms with van der Waals surface area (Å²) in [6.45, 7) is 0. The molecular formula is C22H23N5O. The van der Waals surface area contributed by atoms with Crippen LogP contribution < -0.4 is 5.32 Å². The van der Waals surface area contributed by atoms with Gasteiger partial charge in [-0.1, -0.05) is 24.3 Å². The number of fused-ring (bicyclic) bond motifs is 4. The van der Waals surface area contributed by atoms with Crippen molar-refractivity contribution in [2.45, 2.75) is 44.6 Å². The van der Waals surface area contributed by atoms with Gasteiger partial charge < -0.3 is 10.3 Å². The Morgan fingerprint density at radius 1 is 1.18 bits per heavy atom. The van der Waals surface area contributed by atoms with E-state index in [9.17, 15) is 4.79 Å². The molecule has 0 spiro atoms. The first-order chi connectivity index (χ1) is 13.8. The Balaban J connectivity index is 1.23. The van der Waals surface area contributed by atoms with Gasteiger partial charge in [0.15, 0.2) is 5.65 Å². The van der Waals surface area contributed by atoms with Crippen molar-refractivity contribution in [2.75, 3.05) is 0 Å². The van der Waals surface area contributed by atoms with Crippen molar-refractivity contribution >= 4 is 22.5 Å². The lowest BCUT2D eigenvalue weighted by molar-refractivity contribution is -0.122. The number of rotatable bonds is 5. The van der Waals surface area contributed by atoms with Crippen LogP contribution in [0.15, 0.2) is 48.7 Å². The molecule has 0 saturated carbocycles. The molecule has 1 aliphatic carbocycles. The van der Waals surface area contributed by atoms with Crippen LogP contribution in [-0.4, -0.2) is 25.5 Å². The molecular weight excluding hydrogens is 350 g/mol. The smallest absolute Gasteiger partial charge is 0.220 e. The minimum atomic E-state index is 0.0811. The zero-order valence-corrected chi connectivity index (χ0v) is 15.7. The van der Waals surface area contributed by atoms with Gasteiger partial charge in [0, 0.05) is 35.6 Å². The number of amides is 1. The van der Waals surface area contributed by atoms with E-state index in [1.165, 1.54) is 16.6 Å². The largest absolute Gasteiger partial charge is 0.356 e. The van der Waals surface area contributed by atoms with E-state index in [4.69, 9.17) is 0 Å². The summed E-state index contributed by atoms with van der Waals surface area (Å²) in [4.78, 5) is 16.1. The van der Waals surface area contributed by atoms with E-state index >= 15 is 0 Å². The summed E-state index contributed by atoms with van der Waals surface area (Å²) in [5, 5.41) is 12.9. The molecule has 0 saturated heterocycles. The lowest BCUT2D eigenvalue weighted by Crippen LogP contribution is -2.30. The number of benzene rings is 1. The van der Waals surface area contributed by atoms with Crippen LogP contribution in [0, 0.1) is 0 Å². The fraction of sp³-hybridized carbons (Fsp3) is 0.318. The van der Waals surface area contributed by atoms with E-state index in [-0.39, 0.29) is 11.9 Å². The summed E-state index contributed by atoms with van der Waals surface area (Å²) >= 11 is 0. The molecule has 3 aromatic heterocycles. The number of aromatic nitrogens is 4. The van der Waals surface area contributed by atoms with Crippen molar-refractivity contribution in [3.63, 3.8) is 0 Å². The number of aryl methyl sites for hydroxylation is 2. The van der Waals surface area contributed by atoms with Crippen LogP contribution >= 0.6 is 0 Å². The summed E-state index contributed by atoms with van der Waals surface area (Å²) in [6, 6.07) is 14.3. The summed E-state index contributed by atoms with van der Waals surface area (Å²) in [7, 11) is 0. The van der Waals surface area contributed by atoms with Gasteiger partial charge in [0.2, 0.25) is 5.91 Å². The Morgan fingerprint density at radius 3 is 3.04 bits per heavy atom. The van der Waals surface area contributed by atoms with E-state index in [1.807, 2.05) is 34.9 Å². The number of aromatic amines is 1. The molecule has 1 atom stereocenters. The number of hydrogen-bond donors (Lipinski definition) is 2. The minimum absolute atomic E-state index is 0.0811. The maximum absolute atomic E-state index is 12.6. The van der Waals surface area contributed by atoms with Gasteiger partial charge in [-0.25, -0.2) is 0 Å². The highest BCUT2D eigenvalue weighted by Crippen LogP contribution is 2.34. The zero-order valence-electron chi connectivity index (χ0n) is 15.7. The van der Waals surface area contributed by atoms with Crippen LogP contribution in [0.2, 0.25) is 0 Å². The Labute approximate surface area is 163 Å². The molecule has 6 heteroatoms. The number of hydrogen-bond acceptors (Lipinski definition) is 3. The van der Waals surface area contributed by atoms with Crippen LogP contribution in [0.4, 0.5) is 0 Å². The second-order valence-electron chi connectivity index (χ2n) is 7.47. The fourth-order valence-corrected chi connectivity index (χ4v) is 4.29. The van der Waals surface area contributed by atoms with Crippen molar-refractivity contribution in [1.29, 1.82) is 0 Å². The molecule has 4 aromatic rings. The average molecular weight is 373 g/mol. The van der Waals surface area contributed by atoms with Crippen molar-refractivity contribution in [3.8, 4) is 0 Å². The number of carbonyl (C=O) groups excluding carboxylic acids is 1. The maximum Gasteiger partial charge on any atom is 0.220 e. The van der Waals surface area contributed by atoms with E-state index in [1.54, 1.807) is 0 Å². The highest BCUT2D eigenvalue weighted by Gasteiger charge is 2.25. The van der Waals surface area contributed by atoms with E-state index in [2.05, 4.69) is 38.7 Å². The predicted molar refractivity (Wildman–Crippen MR) is 108 cm³/mol. The number of pyridine rings is 1. The van der Waals surface area contributed by atoms with Crippen molar-refractivity contribution < 1.29 is 4.79 Å². The van der Waals surface area contributed by atoms with Crippen LogP contribution in [-0.2, 0) is 17.6 Å². The first kappa shape index (κ1) is 17.0. The van der Waals surface area contributed by atoms with Gasteiger partial charge in [-0.2, -0.15) is 0 Å². The lowest BCUT2D eigenvalue weighted by Gasteiger charge is -2.23. The Kier molecular flexibility index (Phi) is 4.31. The molecule has 1 aliphatic rings. The van der Waals surface area contributed by atoms with E-state index < -0.39 is 0 Å². The number of nitrogens with zero attached hydrogens (tertiary/aromatic N) is 3. The quantitative estimate of drug-likeness (QED) is 0.560. The highest BCUT2D eigenvalue weighted by atomic mass is 16.1. The standard InChI is InChI=1S/C22H23N5O/c28-21(13-6-12-20-26-25-19-11-3-4-14-27(19)20)23-18-10-5-8-16-15-7-1-2-9-17(15)24-22(16)18/h1-4,7,9,11,14,18,24H,5-6,8,10,12-13H2,(H,23,28)/t18-/m0/s1. The minimum Gasteiger partial charge on any atom is -0.356 e. The summed E-state index contributed by atoms with van der Waals surface area (Å²) in [5.74, 6) is 1.00. The van der Waals surface area contributed by atoms with Crippen molar-refractivity contribution in [2.24, 2.45) is 0 Å². The van der Waals surface area contributed by atoms with Gasteiger partial charge in [0.1, 0.15) is 5.82 Å². The number of para-hydroxylation sites is 1. The third kappa shape index (κ3) is 3.05. The molecule has 3 heterocycles. The molecule has 2 N–H and O–H groups in total. The maximum atomic E-state index is 12.6. The molecule has 142 valence electrons. The molecule has 28 heavy (non-hydrogen) atoms. The normalized spacial score (nSPS) is 16.4. The Bertz CT molecular complexity index is 1140. The molecule has 0 bridgehead atoms. The first-order valence-electron chi connectivity index (χ1n) is 9.97. The topological polar surface area (TPSA) is 75.1 Å². The second kappa shape index (κ2) is 7.11. The zero-order chi connectivity index (χ0) is 18.9. The van der Waals surface area contributed by atoms with E-state index in [0.29, 0.717) is 6.42 Å². The van der Waals surface area contributed by atoms with Crippen LogP contribution in [0.3, 0.4) is 0 Å². The average Bonchev–Trinajstić information content (AvgIpc) is 3.30.